The molecule has 3 heterocycles. The summed E-state index contributed by atoms with van der Waals surface area (Å²) in [4.78, 5) is 19.3. The third-order valence-electron chi connectivity index (χ3n) is 5.36. The van der Waals surface area contributed by atoms with Gasteiger partial charge in [-0.15, -0.1) is 0 Å². The normalized spacial score (nSPS) is 15.8. The standard InChI is InChI=1S/C20H25N5O2/c1-12(2)19-21-18(27-24-19)10-14-6-8-25(9-7-14)20(26)15-4-5-17-16(11-15)13(3)22-23-17/h4-5,11-12,14H,6-10H2,1-3H3,(H,22,23). The molecule has 1 saturated heterocycles. The molecule has 0 spiro atoms. The highest BCUT2D eigenvalue weighted by Gasteiger charge is 2.25. The number of amides is 1. The van der Waals surface area contributed by atoms with Crippen molar-refractivity contribution in [3.63, 3.8) is 0 Å². The SMILES string of the molecule is Cc1[nH]nc2ccc(C(=O)N3CCC(Cc4nc(C(C)C)no4)CC3)cc12. The fraction of sp³-hybridized carbons (Fsp3) is 0.500. The number of hydrogen-bond donors (Lipinski definition) is 1. The summed E-state index contributed by atoms with van der Waals surface area (Å²) in [5, 5.41) is 12.2. The molecule has 3 aromatic rings. The fourth-order valence-electron chi connectivity index (χ4n) is 3.63. The Bertz CT molecular complexity index is 950. The summed E-state index contributed by atoms with van der Waals surface area (Å²) in [6.45, 7) is 7.60. The van der Waals surface area contributed by atoms with Crippen LogP contribution in [-0.2, 0) is 6.42 Å². The molecule has 1 aliphatic rings. The molecule has 1 aliphatic heterocycles. The number of aryl methyl sites for hydroxylation is 1. The Morgan fingerprint density at radius 2 is 2.11 bits per heavy atom. The molecule has 0 bridgehead atoms. The van der Waals surface area contributed by atoms with Gasteiger partial charge in [0.2, 0.25) is 5.89 Å². The number of likely N-dealkylation sites (tertiary alicyclic amines) is 1. The van der Waals surface area contributed by atoms with Gasteiger partial charge in [0.05, 0.1) is 5.52 Å². The quantitative estimate of drug-likeness (QED) is 0.763. The summed E-state index contributed by atoms with van der Waals surface area (Å²) in [5.74, 6) is 2.33. The second-order valence-electron chi connectivity index (χ2n) is 7.72. The molecule has 1 amide bonds. The Kier molecular flexibility index (Phi) is 4.68. The number of carbonyl (C=O) groups excluding carboxylic acids is 1. The van der Waals surface area contributed by atoms with E-state index >= 15 is 0 Å². The van der Waals surface area contributed by atoms with Gasteiger partial charge in [-0.1, -0.05) is 19.0 Å². The number of H-pyrrole nitrogens is 1. The summed E-state index contributed by atoms with van der Waals surface area (Å²) < 4.78 is 5.37. The van der Waals surface area contributed by atoms with Crippen molar-refractivity contribution in [3.8, 4) is 0 Å². The van der Waals surface area contributed by atoms with Crippen LogP contribution in [0, 0.1) is 12.8 Å². The smallest absolute Gasteiger partial charge is 0.253 e. The van der Waals surface area contributed by atoms with E-state index in [0.29, 0.717) is 11.8 Å². The molecule has 142 valence electrons. The van der Waals surface area contributed by atoms with E-state index in [1.165, 1.54) is 0 Å². The van der Waals surface area contributed by atoms with Gasteiger partial charge in [-0.2, -0.15) is 10.1 Å². The second kappa shape index (κ2) is 7.13. The Balaban J connectivity index is 1.37. The summed E-state index contributed by atoms with van der Waals surface area (Å²) in [5.41, 5.74) is 2.60. The molecule has 1 fully saturated rings. The van der Waals surface area contributed by atoms with Gasteiger partial charge in [0.25, 0.3) is 5.91 Å². The Morgan fingerprint density at radius 3 is 2.81 bits per heavy atom. The van der Waals surface area contributed by atoms with E-state index in [9.17, 15) is 4.79 Å². The van der Waals surface area contributed by atoms with Crippen LogP contribution in [0.15, 0.2) is 22.7 Å². The number of aromatic nitrogens is 4. The topological polar surface area (TPSA) is 87.9 Å². The van der Waals surface area contributed by atoms with Crippen LogP contribution in [0.5, 0.6) is 0 Å². The van der Waals surface area contributed by atoms with Gasteiger partial charge < -0.3 is 9.42 Å². The number of aromatic amines is 1. The first-order valence-electron chi connectivity index (χ1n) is 9.57. The van der Waals surface area contributed by atoms with Crippen LogP contribution in [0.1, 0.15) is 60.4 Å². The monoisotopic (exact) mass is 367 g/mol. The minimum absolute atomic E-state index is 0.0934. The van der Waals surface area contributed by atoms with Crippen molar-refractivity contribution in [2.45, 2.75) is 46.0 Å². The number of hydrogen-bond acceptors (Lipinski definition) is 5. The highest BCUT2D eigenvalue weighted by Crippen LogP contribution is 2.24. The van der Waals surface area contributed by atoms with Crippen LogP contribution >= 0.6 is 0 Å². The van der Waals surface area contributed by atoms with Crippen molar-refractivity contribution in [2.75, 3.05) is 13.1 Å². The Labute approximate surface area is 158 Å². The van der Waals surface area contributed by atoms with Crippen LogP contribution < -0.4 is 0 Å². The van der Waals surface area contributed by atoms with E-state index in [1.54, 1.807) is 0 Å². The maximum atomic E-state index is 12.9. The number of rotatable bonds is 4. The number of benzene rings is 1. The lowest BCUT2D eigenvalue weighted by molar-refractivity contribution is 0.0687. The summed E-state index contributed by atoms with van der Waals surface area (Å²) in [6.07, 6.45) is 2.71. The van der Waals surface area contributed by atoms with Gasteiger partial charge in [-0.05, 0) is 43.9 Å². The first-order chi connectivity index (χ1) is 13.0. The maximum Gasteiger partial charge on any atom is 0.253 e. The number of piperidine rings is 1. The van der Waals surface area contributed by atoms with Crippen molar-refractivity contribution in [1.29, 1.82) is 0 Å². The zero-order valence-electron chi connectivity index (χ0n) is 16.0. The van der Waals surface area contributed by atoms with Crippen molar-refractivity contribution in [2.24, 2.45) is 5.92 Å². The zero-order valence-corrected chi connectivity index (χ0v) is 16.0. The van der Waals surface area contributed by atoms with Crippen LogP contribution in [0.4, 0.5) is 0 Å². The molecule has 0 saturated carbocycles. The van der Waals surface area contributed by atoms with Crippen molar-refractivity contribution < 1.29 is 9.32 Å². The highest BCUT2D eigenvalue weighted by molar-refractivity contribution is 5.98. The largest absolute Gasteiger partial charge is 0.339 e. The molecular formula is C20H25N5O2. The van der Waals surface area contributed by atoms with Crippen LogP contribution in [-0.4, -0.2) is 44.2 Å². The average Bonchev–Trinajstić information content (AvgIpc) is 3.29. The molecule has 27 heavy (non-hydrogen) atoms. The van der Waals surface area contributed by atoms with E-state index in [1.807, 2.05) is 30.0 Å². The van der Waals surface area contributed by atoms with Crippen molar-refractivity contribution in [1.82, 2.24) is 25.2 Å². The molecule has 0 unspecified atom stereocenters. The molecule has 7 heteroatoms. The average molecular weight is 367 g/mol. The number of fused-ring (bicyclic) bond motifs is 1. The zero-order chi connectivity index (χ0) is 19.0. The molecule has 2 aromatic heterocycles. The van der Waals surface area contributed by atoms with Gasteiger partial charge >= 0.3 is 0 Å². The number of nitrogens with one attached hydrogen (secondary N) is 1. The summed E-state index contributed by atoms with van der Waals surface area (Å²) >= 11 is 0. The van der Waals surface area contributed by atoms with Crippen LogP contribution in [0.3, 0.4) is 0 Å². The summed E-state index contributed by atoms with van der Waals surface area (Å²) in [6, 6.07) is 5.71. The number of nitrogens with zero attached hydrogens (tertiary/aromatic N) is 4. The van der Waals surface area contributed by atoms with Gasteiger partial charge in [0, 0.05) is 42.1 Å². The van der Waals surface area contributed by atoms with Crippen LogP contribution in [0.25, 0.3) is 10.9 Å². The molecule has 0 aliphatic carbocycles. The fourth-order valence-corrected chi connectivity index (χ4v) is 3.63. The van der Waals surface area contributed by atoms with E-state index in [4.69, 9.17) is 4.52 Å². The molecule has 1 aromatic carbocycles. The second-order valence-corrected chi connectivity index (χ2v) is 7.72. The minimum Gasteiger partial charge on any atom is -0.339 e. The predicted octanol–water partition coefficient (Wildman–Crippen LogP) is 3.47. The lowest BCUT2D eigenvalue weighted by atomic mass is 9.93. The summed E-state index contributed by atoms with van der Waals surface area (Å²) in [7, 11) is 0. The first-order valence-corrected chi connectivity index (χ1v) is 9.57. The Hall–Kier alpha value is -2.70. The lowest BCUT2D eigenvalue weighted by Crippen LogP contribution is -2.38. The third-order valence-corrected chi connectivity index (χ3v) is 5.36. The lowest BCUT2D eigenvalue weighted by Gasteiger charge is -2.31. The van der Waals surface area contributed by atoms with Crippen LogP contribution in [0.2, 0.25) is 0 Å². The van der Waals surface area contributed by atoms with E-state index in [2.05, 4.69) is 34.2 Å². The first kappa shape index (κ1) is 17.7. The maximum absolute atomic E-state index is 12.9. The molecule has 0 atom stereocenters. The van der Waals surface area contributed by atoms with Gasteiger partial charge in [-0.25, -0.2) is 0 Å². The molecule has 1 N–H and O–H groups in total. The molecular weight excluding hydrogens is 342 g/mol. The van der Waals surface area contributed by atoms with Gasteiger partial charge in [-0.3, -0.25) is 9.89 Å². The van der Waals surface area contributed by atoms with E-state index in [-0.39, 0.29) is 11.8 Å². The molecule has 4 rings (SSSR count). The van der Waals surface area contributed by atoms with Gasteiger partial charge in [0.1, 0.15) is 0 Å². The van der Waals surface area contributed by atoms with Crippen molar-refractivity contribution >= 4 is 16.8 Å². The predicted molar refractivity (Wildman–Crippen MR) is 102 cm³/mol. The van der Waals surface area contributed by atoms with E-state index in [0.717, 1.165) is 60.3 Å². The molecule has 0 radical (unpaired) electrons. The number of carbonyl (C=O) groups is 1. The van der Waals surface area contributed by atoms with E-state index < -0.39 is 0 Å². The molecule has 7 nitrogen and oxygen atoms in total. The highest BCUT2D eigenvalue weighted by atomic mass is 16.5. The van der Waals surface area contributed by atoms with Crippen molar-refractivity contribution in [3.05, 3.63) is 41.2 Å². The Morgan fingerprint density at radius 1 is 1.33 bits per heavy atom. The van der Waals surface area contributed by atoms with Gasteiger partial charge in [0.15, 0.2) is 5.82 Å². The minimum atomic E-state index is 0.0934. The third kappa shape index (κ3) is 3.59.